The van der Waals surface area contributed by atoms with Crippen LogP contribution in [0.3, 0.4) is 0 Å². The molecule has 128 valence electrons. The first-order valence-corrected chi connectivity index (χ1v) is 9.60. The summed E-state index contributed by atoms with van der Waals surface area (Å²) in [4.78, 5) is 22.5. The van der Waals surface area contributed by atoms with Gasteiger partial charge in [0.25, 0.3) is 5.91 Å². The molecule has 3 heterocycles. The second kappa shape index (κ2) is 7.73. The summed E-state index contributed by atoms with van der Waals surface area (Å²) in [6.07, 6.45) is 4.92. The smallest absolute Gasteiger partial charge is 0.265 e. The van der Waals surface area contributed by atoms with Crippen LogP contribution < -0.4 is 0 Å². The van der Waals surface area contributed by atoms with Crippen LogP contribution in [0.25, 0.3) is 0 Å². The molecule has 2 atom stereocenters. The Kier molecular flexibility index (Phi) is 5.67. The molecule has 0 aliphatic carbocycles. The third kappa shape index (κ3) is 3.75. The van der Waals surface area contributed by atoms with E-state index in [2.05, 4.69) is 23.7 Å². The van der Waals surface area contributed by atoms with Crippen molar-refractivity contribution in [2.24, 2.45) is 5.92 Å². The lowest BCUT2D eigenvalue weighted by molar-refractivity contribution is 0.0103. The van der Waals surface area contributed by atoms with Gasteiger partial charge >= 0.3 is 0 Å². The maximum atomic E-state index is 12.8. The predicted molar refractivity (Wildman–Crippen MR) is 92.0 cm³/mol. The van der Waals surface area contributed by atoms with E-state index < -0.39 is 0 Å². The molecule has 2 aliphatic rings. The van der Waals surface area contributed by atoms with E-state index in [1.807, 2.05) is 4.90 Å². The molecule has 3 rings (SSSR count). The van der Waals surface area contributed by atoms with Gasteiger partial charge in [0.15, 0.2) is 0 Å². The van der Waals surface area contributed by atoms with E-state index in [-0.39, 0.29) is 5.91 Å². The van der Waals surface area contributed by atoms with Gasteiger partial charge in [0, 0.05) is 32.2 Å². The van der Waals surface area contributed by atoms with E-state index in [1.54, 1.807) is 17.5 Å². The van der Waals surface area contributed by atoms with Gasteiger partial charge < -0.3 is 9.64 Å². The van der Waals surface area contributed by atoms with Gasteiger partial charge in [0.05, 0.1) is 24.4 Å². The molecule has 0 radical (unpaired) electrons. The second-order valence-electron chi connectivity index (χ2n) is 6.46. The van der Waals surface area contributed by atoms with E-state index in [1.165, 1.54) is 0 Å². The van der Waals surface area contributed by atoms with Gasteiger partial charge in [-0.05, 0) is 18.8 Å². The molecule has 0 aromatic carbocycles. The molecule has 0 N–H and O–H groups in total. The summed E-state index contributed by atoms with van der Waals surface area (Å²) >= 11 is 1.56. The maximum Gasteiger partial charge on any atom is 0.265 e. The zero-order chi connectivity index (χ0) is 16.2. The quantitative estimate of drug-likeness (QED) is 0.827. The number of nitrogens with zero attached hydrogens (tertiary/aromatic N) is 3. The van der Waals surface area contributed by atoms with Crippen molar-refractivity contribution >= 4 is 17.2 Å². The van der Waals surface area contributed by atoms with Crippen LogP contribution in [-0.2, 0) is 11.2 Å². The highest BCUT2D eigenvalue weighted by Crippen LogP contribution is 2.28. The van der Waals surface area contributed by atoms with Crippen LogP contribution >= 0.6 is 11.3 Å². The third-order valence-electron chi connectivity index (χ3n) is 4.96. The van der Waals surface area contributed by atoms with Gasteiger partial charge in [-0.15, -0.1) is 11.3 Å². The number of likely N-dealkylation sites (tertiary alicyclic amines) is 1. The van der Waals surface area contributed by atoms with Crippen molar-refractivity contribution in [1.82, 2.24) is 14.8 Å². The van der Waals surface area contributed by atoms with Gasteiger partial charge in [-0.1, -0.05) is 20.3 Å². The molecular formula is C17H27N3O2S. The van der Waals surface area contributed by atoms with Crippen molar-refractivity contribution in [3.8, 4) is 0 Å². The van der Waals surface area contributed by atoms with Crippen LogP contribution in [0.15, 0.2) is 6.20 Å². The molecule has 0 spiro atoms. The molecule has 0 bridgehead atoms. The predicted octanol–water partition coefficient (Wildman–Crippen LogP) is 2.28. The van der Waals surface area contributed by atoms with Gasteiger partial charge in [0.2, 0.25) is 0 Å². The lowest BCUT2D eigenvalue weighted by Crippen LogP contribution is -2.47. The maximum absolute atomic E-state index is 12.8. The number of morpholine rings is 1. The first kappa shape index (κ1) is 16.9. The molecule has 2 fully saturated rings. The summed E-state index contributed by atoms with van der Waals surface area (Å²) in [5.74, 6) is 0.735. The fraction of sp³-hybridized carbons (Fsp3) is 0.765. The molecule has 2 aliphatic heterocycles. The number of amides is 1. The molecule has 1 aromatic rings. The third-order valence-corrected chi connectivity index (χ3v) is 6.01. The first-order valence-electron chi connectivity index (χ1n) is 8.78. The molecule has 0 saturated carbocycles. The van der Waals surface area contributed by atoms with Crippen LogP contribution in [0, 0.1) is 5.92 Å². The fourth-order valence-corrected chi connectivity index (χ4v) is 4.63. The highest BCUT2D eigenvalue weighted by atomic mass is 32.1. The Labute approximate surface area is 142 Å². The monoisotopic (exact) mass is 337 g/mol. The van der Waals surface area contributed by atoms with E-state index in [0.717, 1.165) is 68.5 Å². The number of aromatic nitrogens is 1. The summed E-state index contributed by atoms with van der Waals surface area (Å²) in [5, 5.41) is 1.08. The standard InChI is InChI=1S/C17H27N3O2S/c1-3-5-16-18-10-15(23-16)17(21)20-11-13(4-2)14(12-20)19-6-8-22-9-7-19/h10,13-14H,3-9,11-12H2,1-2H3/t13-,14+/m0/s1. The highest BCUT2D eigenvalue weighted by molar-refractivity contribution is 7.13. The Morgan fingerprint density at radius 3 is 2.83 bits per heavy atom. The molecule has 1 amide bonds. The Hall–Kier alpha value is -0.980. The normalized spacial score (nSPS) is 25.9. The summed E-state index contributed by atoms with van der Waals surface area (Å²) < 4.78 is 5.47. The second-order valence-corrected chi connectivity index (χ2v) is 7.58. The SMILES string of the molecule is CCCc1ncc(C(=O)N2C[C@H](CC)[C@H](N3CCOCC3)C2)s1. The summed E-state index contributed by atoms with van der Waals surface area (Å²) in [5.41, 5.74) is 0. The lowest BCUT2D eigenvalue weighted by Gasteiger charge is -2.34. The Morgan fingerprint density at radius 2 is 2.13 bits per heavy atom. The number of thiazole rings is 1. The van der Waals surface area contributed by atoms with E-state index in [4.69, 9.17) is 4.74 Å². The first-order chi connectivity index (χ1) is 11.2. The summed E-state index contributed by atoms with van der Waals surface area (Å²) in [6, 6.07) is 0.482. The van der Waals surface area contributed by atoms with Crippen molar-refractivity contribution in [3.63, 3.8) is 0 Å². The van der Waals surface area contributed by atoms with Crippen LogP contribution in [-0.4, -0.2) is 66.1 Å². The van der Waals surface area contributed by atoms with Gasteiger partial charge in [-0.3, -0.25) is 9.69 Å². The van der Waals surface area contributed by atoms with Gasteiger partial charge in [-0.2, -0.15) is 0 Å². The summed E-state index contributed by atoms with van der Waals surface area (Å²) in [7, 11) is 0. The minimum atomic E-state index is 0.166. The topological polar surface area (TPSA) is 45.7 Å². The molecule has 6 heteroatoms. The Bertz CT molecular complexity index is 528. The van der Waals surface area contributed by atoms with Crippen LogP contribution in [0.4, 0.5) is 0 Å². The van der Waals surface area contributed by atoms with Crippen molar-refractivity contribution in [3.05, 3.63) is 16.1 Å². The van der Waals surface area contributed by atoms with Crippen molar-refractivity contribution in [2.75, 3.05) is 39.4 Å². The Morgan fingerprint density at radius 1 is 1.35 bits per heavy atom. The molecule has 2 saturated heterocycles. The van der Waals surface area contributed by atoms with Crippen LogP contribution in [0.2, 0.25) is 0 Å². The average molecular weight is 337 g/mol. The minimum Gasteiger partial charge on any atom is -0.379 e. The number of hydrogen-bond donors (Lipinski definition) is 0. The van der Waals surface area contributed by atoms with Crippen LogP contribution in [0.1, 0.15) is 41.4 Å². The van der Waals surface area contributed by atoms with Crippen molar-refractivity contribution in [1.29, 1.82) is 0 Å². The van der Waals surface area contributed by atoms with E-state index in [9.17, 15) is 4.79 Å². The zero-order valence-corrected chi connectivity index (χ0v) is 15.0. The zero-order valence-electron chi connectivity index (χ0n) is 14.2. The molecule has 5 nitrogen and oxygen atoms in total. The number of carbonyl (C=O) groups is 1. The Balaban J connectivity index is 1.66. The number of hydrogen-bond acceptors (Lipinski definition) is 5. The molecule has 23 heavy (non-hydrogen) atoms. The average Bonchev–Trinajstić information content (AvgIpc) is 3.22. The minimum absolute atomic E-state index is 0.166. The number of aryl methyl sites for hydroxylation is 1. The van der Waals surface area contributed by atoms with Crippen molar-refractivity contribution in [2.45, 2.75) is 39.2 Å². The molecular weight excluding hydrogens is 310 g/mol. The van der Waals surface area contributed by atoms with Gasteiger partial charge in [0.1, 0.15) is 4.88 Å². The highest BCUT2D eigenvalue weighted by Gasteiger charge is 2.38. The molecule has 0 unspecified atom stereocenters. The van der Waals surface area contributed by atoms with E-state index >= 15 is 0 Å². The number of carbonyl (C=O) groups excluding carboxylic acids is 1. The lowest BCUT2D eigenvalue weighted by atomic mass is 9.99. The summed E-state index contributed by atoms with van der Waals surface area (Å²) in [6.45, 7) is 9.71. The van der Waals surface area contributed by atoms with E-state index in [0.29, 0.717) is 12.0 Å². The van der Waals surface area contributed by atoms with Crippen molar-refractivity contribution < 1.29 is 9.53 Å². The fourth-order valence-electron chi connectivity index (χ4n) is 3.64. The largest absolute Gasteiger partial charge is 0.379 e. The molecule has 1 aromatic heterocycles. The van der Waals surface area contributed by atoms with Crippen LogP contribution in [0.5, 0.6) is 0 Å². The van der Waals surface area contributed by atoms with Gasteiger partial charge in [-0.25, -0.2) is 4.98 Å². The number of rotatable bonds is 5. The number of ether oxygens (including phenoxy) is 1.